The molecule has 0 bridgehead atoms. The summed E-state index contributed by atoms with van der Waals surface area (Å²) in [5.41, 5.74) is 2.64. The molecule has 3 aromatic rings. The first-order valence-corrected chi connectivity index (χ1v) is 10.3. The van der Waals surface area contributed by atoms with Gasteiger partial charge < -0.3 is 10.3 Å². The second-order valence-electron chi connectivity index (χ2n) is 7.53. The third kappa shape index (κ3) is 3.46. The van der Waals surface area contributed by atoms with E-state index < -0.39 is 0 Å². The van der Waals surface area contributed by atoms with Crippen LogP contribution in [-0.4, -0.2) is 16.5 Å². The number of H-pyrrole nitrogens is 1. The lowest BCUT2D eigenvalue weighted by atomic mass is 9.89. The molecule has 0 amide bonds. The maximum atomic E-state index is 12.7. The number of aromatic amines is 1. The highest BCUT2D eigenvalue weighted by Gasteiger charge is 2.24. The number of nitrogens with zero attached hydrogens (tertiary/aromatic N) is 1. The Hall–Kier alpha value is -1.98. The van der Waals surface area contributed by atoms with Gasteiger partial charge in [-0.3, -0.25) is 4.79 Å². The summed E-state index contributed by atoms with van der Waals surface area (Å²) < 4.78 is 0. The van der Waals surface area contributed by atoms with Crippen LogP contribution in [0.1, 0.15) is 48.1 Å². The van der Waals surface area contributed by atoms with Crippen molar-refractivity contribution in [2.45, 2.75) is 45.6 Å². The molecule has 0 aliphatic heterocycles. The van der Waals surface area contributed by atoms with Crippen molar-refractivity contribution in [3.63, 3.8) is 0 Å². The average molecular weight is 369 g/mol. The number of aromatic nitrogens is 2. The number of benzene rings is 1. The maximum Gasteiger partial charge on any atom is 0.260 e. The van der Waals surface area contributed by atoms with Crippen LogP contribution in [0.15, 0.2) is 35.1 Å². The van der Waals surface area contributed by atoms with E-state index in [1.54, 1.807) is 11.3 Å². The van der Waals surface area contributed by atoms with Crippen LogP contribution in [0, 0.1) is 5.92 Å². The fourth-order valence-corrected chi connectivity index (χ4v) is 5.23. The fraction of sp³-hybridized carbons (Fsp3) is 0.429. The maximum absolute atomic E-state index is 12.7. The topological polar surface area (TPSA) is 62.4 Å². The number of fused-ring (bicyclic) bond motifs is 3. The van der Waals surface area contributed by atoms with E-state index in [1.807, 2.05) is 6.07 Å². The number of hydrogen-bond acceptors (Lipinski definition) is 3. The van der Waals surface area contributed by atoms with E-state index in [9.17, 15) is 4.79 Å². The molecule has 2 aromatic heterocycles. The molecule has 3 N–H and O–H groups in total. The third-order valence-corrected chi connectivity index (χ3v) is 6.56. The molecule has 26 heavy (non-hydrogen) atoms. The van der Waals surface area contributed by atoms with Crippen molar-refractivity contribution in [2.24, 2.45) is 5.92 Å². The fourth-order valence-electron chi connectivity index (χ4n) is 3.84. The van der Waals surface area contributed by atoms with Crippen LogP contribution in [0.5, 0.6) is 0 Å². The molecule has 4 nitrogen and oxygen atoms in total. The minimum Gasteiger partial charge on any atom is -0.337 e. The minimum absolute atomic E-state index is 0.0420. The number of aryl methyl sites for hydroxylation is 1. The van der Waals surface area contributed by atoms with Gasteiger partial charge in [0.1, 0.15) is 10.9 Å². The van der Waals surface area contributed by atoms with Gasteiger partial charge in [-0.2, -0.15) is 0 Å². The number of rotatable bonds is 5. The van der Waals surface area contributed by atoms with E-state index >= 15 is 0 Å². The Morgan fingerprint density at radius 2 is 2.15 bits per heavy atom. The molecule has 136 valence electrons. The van der Waals surface area contributed by atoms with Crippen molar-refractivity contribution < 1.29 is 5.32 Å². The van der Waals surface area contributed by atoms with Crippen molar-refractivity contribution in [2.75, 3.05) is 6.54 Å². The van der Waals surface area contributed by atoms with Gasteiger partial charge in [0, 0.05) is 11.3 Å². The summed E-state index contributed by atoms with van der Waals surface area (Å²) in [6, 6.07) is 10.6. The highest BCUT2D eigenvalue weighted by molar-refractivity contribution is 7.18. The molecular weight excluding hydrogens is 342 g/mol. The molecule has 0 spiro atoms. The highest BCUT2D eigenvalue weighted by Crippen LogP contribution is 2.35. The van der Waals surface area contributed by atoms with Crippen LogP contribution >= 0.6 is 11.3 Å². The lowest BCUT2D eigenvalue weighted by Crippen LogP contribution is -2.85. The SMILES string of the molecule is C[C@@H]1CCc2c(sc3nc([C@@H](C)[NH2+]CCc4ccccc4)[nH]c(=O)c23)C1. The van der Waals surface area contributed by atoms with Gasteiger partial charge in [-0.05, 0) is 43.2 Å². The second kappa shape index (κ2) is 7.33. The lowest BCUT2D eigenvalue weighted by molar-refractivity contribution is -0.693. The summed E-state index contributed by atoms with van der Waals surface area (Å²) in [6.45, 7) is 5.39. The normalized spacial score (nSPS) is 18.0. The first-order valence-electron chi connectivity index (χ1n) is 9.53. The summed E-state index contributed by atoms with van der Waals surface area (Å²) >= 11 is 1.72. The van der Waals surface area contributed by atoms with Gasteiger partial charge in [-0.15, -0.1) is 11.3 Å². The number of quaternary nitrogens is 1. The molecule has 1 aromatic carbocycles. The summed E-state index contributed by atoms with van der Waals surface area (Å²) in [7, 11) is 0. The van der Waals surface area contributed by atoms with E-state index in [-0.39, 0.29) is 11.6 Å². The molecule has 2 heterocycles. The Kier molecular flexibility index (Phi) is 4.92. The number of nitrogens with one attached hydrogen (secondary N) is 1. The zero-order valence-electron chi connectivity index (χ0n) is 15.4. The molecule has 0 fully saturated rings. The minimum atomic E-state index is 0.0420. The molecule has 0 saturated carbocycles. The molecule has 0 radical (unpaired) electrons. The van der Waals surface area contributed by atoms with Crippen LogP contribution in [-0.2, 0) is 19.3 Å². The van der Waals surface area contributed by atoms with Gasteiger partial charge >= 0.3 is 0 Å². The molecule has 1 aliphatic rings. The van der Waals surface area contributed by atoms with Crippen molar-refractivity contribution in [3.05, 3.63) is 62.5 Å². The molecule has 4 rings (SSSR count). The first-order chi connectivity index (χ1) is 12.6. The van der Waals surface area contributed by atoms with Crippen molar-refractivity contribution >= 4 is 21.6 Å². The third-order valence-electron chi connectivity index (χ3n) is 5.41. The smallest absolute Gasteiger partial charge is 0.260 e. The van der Waals surface area contributed by atoms with Crippen LogP contribution < -0.4 is 10.9 Å². The Bertz CT molecular complexity index is 961. The summed E-state index contributed by atoms with van der Waals surface area (Å²) in [4.78, 5) is 22.9. The Labute approximate surface area is 157 Å². The Morgan fingerprint density at radius 3 is 2.96 bits per heavy atom. The quantitative estimate of drug-likeness (QED) is 0.727. The van der Waals surface area contributed by atoms with Gasteiger partial charge in [-0.25, -0.2) is 4.98 Å². The number of hydrogen-bond donors (Lipinski definition) is 2. The molecule has 0 unspecified atom stereocenters. The zero-order chi connectivity index (χ0) is 18.1. The van der Waals surface area contributed by atoms with Crippen LogP contribution in [0.2, 0.25) is 0 Å². The molecule has 1 aliphatic carbocycles. The number of nitrogens with two attached hydrogens (primary N) is 1. The van der Waals surface area contributed by atoms with Gasteiger partial charge in [0.2, 0.25) is 0 Å². The van der Waals surface area contributed by atoms with E-state index in [0.29, 0.717) is 5.92 Å². The van der Waals surface area contributed by atoms with E-state index in [1.165, 1.54) is 22.4 Å². The predicted molar refractivity (Wildman–Crippen MR) is 107 cm³/mol. The monoisotopic (exact) mass is 368 g/mol. The first kappa shape index (κ1) is 17.4. The predicted octanol–water partition coefficient (Wildman–Crippen LogP) is 2.98. The summed E-state index contributed by atoms with van der Waals surface area (Å²) in [5, 5.41) is 3.10. The molecule has 2 atom stereocenters. The van der Waals surface area contributed by atoms with Crippen LogP contribution in [0.25, 0.3) is 10.2 Å². The van der Waals surface area contributed by atoms with E-state index in [0.717, 1.165) is 41.8 Å². The van der Waals surface area contributed by atoms with Crippen LogP contribution in [0.4, 0.5) is 0 Å². The van der Waals surface area contributed by atoms with Crippen LogP contribution in [0.3, 0.4) is 0 Å². The van der Waals surface area contributed by atoms with Gasteiger partial charge in [0.25, 0.3) is 5.56 Å². The number of thiophene rings is 1. The van der Waals surface area contributed by atoms with Gasteiger partial charge in [0.15, 0.2) is 5.82 Å². The molecule has 0 saturated heterocycles. The average Bonchev–Trinajstić information content (AvgIpc) is 3.00. The zero-order valence-corrected chi connectivity index (χ0v) is 16.2. The largest absolute Gasteiger partial charge is 0.337 e. The second-order valence-corrected chi connectivity index (χ2v) is 8.62. The van der Waals surface area contributed by atoms with Gasteiger partial charge in [-0.1, -0.05) is 37.3 Å². The summed E-state index contributed by atoms with van der Waals surface area (Å²) in [5.74, 6) is 1.50. The Balaban J connectivity index is 1.52. The van der Waals surface area contributed by atoms with Crippen molar-refractivity contribution in [3.8, 4) is 0 Å². The van der Waals surface area contributed by atoms with Crippen molar-refractivity contribution in [1.82, 2.24) is 9.97 Å². The van der Waals surface area contributed by atoms with E-state index in [4.69, 9.17) is 4.98 Å². The lowest BCUT2D eigenvalue weighted by Gasteiger charge is -2.17. The standard InChI is InChI=1S/C21H25N3OS/c1-13-8-9-16-17(12-13)26-21-18(16)20(25)23-19(24-21)14(2)22-11-10-15-6-4-3-5-7-15/h3-7,13-14,22H,8-12H2,1-2H3,(H,23,24,25)/p+1/t13-,14-/m1/s1. The molecule has 5 heteroatoms. The highest BCUT2D eigenvalue weighted by atomic mass is 32.1. The van der Waals surface area contributed by atoms with Gasteiger partial charge in [0.05, 0.1) is 11.9 Å². The molecular formula is C21H26N3OS+. The van der Waals surface area contributed by atoms with Crippen molar-refractivity contribution in [1.29, 1.82) is 0 Å². The van der Waals surface area contributed by atoms with E-state index in [2.05, 4.69) is 48.4 Å². The summed E-state index contributed by atoms with van der Waals surface area (Å²) in [6.07, 6.45) is 4.29. The Morgan fingerprint density at radius 1 is 1.35 bits per heavy atom.